The second-order valence-corrected chi connectivity index (χ2v) is 10.8. The molecule has 0 aromatic rings. The third-order valence-electron chi connectivity index (χ3n) is 7.94. The summed E-state index contributed by atoms with van der Waals surface area (Å²) in [4.78, 5) is 11.1. The molecule has 1 saturated carbocycles. The first-order valence-corrected chi connectivity index (χ1v) is 13.3. The number of hydrogen-bond acceptors (Lipinski definition) is 6. The van der Waals surface area contributed by atoms with Gasteiger partial charge in [-0.25, -0.2) is 0 Å². The van der Waals surface area contributed by atoms with E-state index in [1.54, 1.807) is 7.11 Å². The molecule has 198 valence electrons. The molecular weight excluding hydrogens is 432 g/mol. The van der Waals surface area contributed by atoms with Gasteiger partial charge >= 0.3 is 5.97 Å². The highest BCUT2D eigenvalue weighted by Crippen LogP contribution is 2.55. The molecule has 0 spiro atoms. The summed E-state index contributed by atoms with van der Waals surface area (Å²) in [6.45, 7) is 9.45. The second-order valence-electron chi connectivity index (χ2n) is 10.8. The fourth-order valence-corrected chi connectivity index (χ4v) is 5.70. The fourth-order valence-electron chi connectivity index (χ4n) is 5.70. The molecule has 2 rings (SSSR count). The van der Waals surface area contributed by atoms with Crippen LogP contribution in [0.4, 0.5) is 0 Å². The fraction of sp³-hybridized carbons (Fsp3) is 0.893. The van der Waals surface area contributed by atoms with E-state index >= 15 is 0 Å². The summed E-state index contributed by atoms with van der Waals surface area (Å²) < 4.78 is 29.5. The Hall–Kier alpha value is -0.950. The third-order valence-corrected chi connectivity index (χ3v) is 7.94. The van der Waals surface area contributed by atoms with Crippen molar-refractivity contribution in [3.8, 4) is 0 Å². The van der Waals surface area contributed by atoms with Gasteiger partial charge in [-0.05, 0) is 59.8 Å². The van der Waals surface area contributed by atoms with Crippen LogP contribution in [0.5, 0.6) is 0 Å². The Labute approximate surface area is 208 Å². The predicted octanol–water partition coefficient (Wildman–Crippen LogP) is 6.01. The van der Waals surface area contributed by atoms with Crippen molar-refractivity contribution in [1.82, 2.24) is 0 Å². The maximum Gasteiger partial charge on any atom is 0.305 e. The van der Waals surface area contributed by atoms with Crippen LogP contribution in [0.2, 0.25) is 0 Å². The van der Waals surface area contributed by atoms with E-state index in [2.05, 4.69) is 38.5 Å². The van der Waals surface area contributed by atoms with Gasteiger partial charge in [0.25, 0.3) is 0 Å². The van der Waals surface area contributed by atoms with Crippen molar-refractivity contribution in [1.29, 1.82) is 0 Å². The standard InChI is InChI=1S/C28H50O6/c1-21(2)16-17-23-28(4,34-23)26-25(31-6)22(18-19-27(26,3)32-7)33-20-14-12-10-8-9-11-13-15-24(29)30-5/h16,22-23,25-26H,8-15,17-20H2,1-7H3. The van der Waals surface area contributed by atoms with Gasteiger partial charge < -0.3 is 23.7 Å². The average Bonchev–Trinajstić information content (AvgIpc) is 3.49. The highest BCUT2D eigenvalue weighted by molar-refractivity contribution is 5.68. The molecule has 34 heavy (non-hydrogen) atoms. The molecule has 2 fully saturated rings. The van der Waals surface area contributed by atoms with E-state index in [0.29, 0.717) is 6.42 Å². The van der Waals surface area contributed by atoms with Gasteiger partial charge in [-0.3, -0.25) is 4.79 Å². The molecule has 0 N–H and O–H groups in total. The summed E-state index contributed by atoms with van der Waals surface area (Å²) in [5, 5.41) is 0. The molecule has 1 aliphatic carbocycles. The van der Waals surface area contributed by atoms with Gasteiger partial charge in [0.2, 0.25) is 0 Å². The first kappa shape index (κ1) is 29.3. The lowest BCUT2D eigenvalue weighted by Crippen LogP contribution is -2.59. The number of epoxide rings is 1. The van der Waals surface area contributed by atoms with Crippen molar-refractivity contribution >= 4 is 5.97 Å². The molecule has 1 aliphatic heterocycles. The molecule has 6 heteroatoms. The van der Waals surface area contributed by atoms with Crippen LogP contribution in [0, 0.1) is 5.92 Å². The Morgan fingerprint density at radius 2 is 1.65 bits per heavy atom. The zero-order valence-corrected chi connectivity index (χ0v) is 22.8. The minimum Gasteiger partial charge on any atom is -0.469 e. The zero-order valence-electron chi connectivity index (χ0n) is 22.8. The number of hydrogen-bond donors (Lipinski definition) is 0. The molecule has 0 radical (unpaired) electrons. The van der Waals surface area contributed by atoms with Crippen LogP contribution in [0.3, 0.4) is 0 Å². The van der Waals surface area contributed by atoms with Crippen molar-refractivity contribution < 1.29 is 28.5 Å². The van der Waals surface area contributed by atoms with Gasteiger partial charge in [-0.2, -0.15) is 0 Å². The van der Waals surface area contributed by atoms with Crippen molar-refractivity contribution in [3.63, 3.8) is 0 Å². The van der Waals surface area contributed by atoms with Crippen molar-refractivity contribution in [2.75, 3.05) is 27.9 Å². The number of allylic oxidation sites excluding steroid dienone is 1. The number of methoxy groups -OCH3 is 3. The number of carbonyl (C=O) groups is 1. The SMILES string of the molecule is COC(=O)CCCCCCCCCOC1CCC(C)(OC)C(C2(C)OC2CC=C(C)C)C1OC. The van der Waals surface area contributed by atoms with Gasteiger partial charge in [0.15, 0.2) is 0 Å². The molecule has 6 unspecified atom stereocenters. The molecule has 6 atom stereocenters. The molecule has 0 aromatic carbocycles. The first-order valence-electron chi connectivity index (χ1n) is 13.3. The summed E-state index contributed by atoms with van der Waals surface area (Å²) in [5.74, 6) is 0.0160. The maximum atomic E-state index is 11.1. The first-order chi connectivity index (χ1) is 16.2. The number of ether oxygens (including phenoxy) is 5. The summed E-state index contributed by atoms with van der Waals surface area (Å²) >= 11 is 0. The van der Waals surface area contributed by atoms with E-state index in [-0.39, 0.29) is 41.4 Å². The highest BCUT2D eigenvalue weighted by Gasteiger charge is 2.66. The number of carbonyl (C=O) groups excluding carboxylic acids is 1. The largest absolute Gasteiger partial charge is 0.469 e. The monoisotopic (exact) mass is 482 g/mol. The molecule has 1 saturated heterocycles. The molecule has 1 heterocycles. The number of rotatable bonds is 16. The number of esters is 1. The summed E-state index contributed by atoms with van der Waals surface area (Å²) in [6, 6.07) is 0. The summed E-state index contributed by atoms with van der Waals surface area (Å²) in [7, 11) is 5.06. The van der Waals surface area contributed by atoms with Crippen LogP contribution in [0.25, 0.3) is 0 Å². The smallest absolute Gasteiger partial charge is 0.305 e. The normalized spacial score (nSPS) is 32.9. The minimum atomic E-state index is -0.289. The van der Waals surface area contributed by atoms with Crippen molar-refractivity contribution in [3.05, 3.63) is 11.6 Å². The van der Waals surface area contributed by atoms with Crippen molar-refractivity contribution in [2.45, 2.75) is 128 Å². The summed E-state index contributed by atoms with van der Waals surface area (Å²) in [6.07, 6.45) is 13.7. The van der Waals surface area contributed by atoms with E-state index in [9.17, 15) is 4.79 Å². The van der Waals surface area contributed by atoms with Gasteiger partial charge in [-0.1, -0.05) is 43.8 Å². The van der Waals surface area contributed by atoms with Crippen LogP contribution < -0.4 is 0 Å². The van der Waals surface area contributed by atoms with Gasteiger partial charge in [0.1, 0.15) is 5.60 Å². The Bertz CT molecular complexity index is 645. The lowest BCUT2D eigenvalue weighted by molar-refractivity contribution is -0.195. The Morgan fingerprint density at radius 3 is 2.24 bits per heavy atom. The van der Waals surface area contributed by atoms with Gasteiger partial charge in [0, 0.05) is 33.2 Å². The predicted molar refractivity (Wildman–Crippen MR) is 135 cm³/mol. The molecule has 6 nitrogen and oxygen atoms in total. The second kappa shape index (κ2) is 14.0. The van der Waals surface area contributed by atoms with Crippen molar-refractivity contribution in [2.24, 2.45) is 5.92 Å². The minimum absolute atomic E-state index is 0.0461. The molecule has 0 amide bonds. The Kier molecular flexibility index (Phi) is 12.0. The van der Waals surface area contributed by atoms with E-state index in [1.807, 2.05) is 7.11 Å². The van der Waals surface area contributed by atoms with Crippen LogP contribution in [-0.4, -0.2) is 63.4 Å². The average molecular weight is 483 g/mol. The van der Waals surface area contributed by atoms with E-state index in [1.165, 1.54) is 38.4 Å². The van der Waals surface area contributed by atoms with Crippen LogP contribution in [0.1, 0.15) is 98.3 Å². The van der Waals surface area contributed by atoms with E-state index in [0.717, 1.165) is 45.1 Å². The number of unbranched alkanes of at least 4 members (excludes halogenated alkanes) is 6. The zero-order chi connectivity index (χ0) is 25.2. The molecule has 2 aliphatic rings. The Balaban J connectivity index is 1.78. The quantitative estimate of drug-likeness (QED) is 0.116. The molecule has 0 bridgehead atoms. The van der Waals surface area contributed by atoms with Crippen LogP contribution in [-0.2, 0) is 28.5 Å². The van der Waals surface area contributed by atoms with Crippen LogP contribution >= 0.6 is 0 Å². The maximum absolute atomic E-state index is 11.1. The highest BCUT2D eigenvalue weighted by atomic mass is 16.6. The molecular formula is C28H50O6. The van der Waals surface area contributed by atoms with E-state index < -0.39 is 0 Å². The molecule has 0 aromatic heterocycles. The van der Waals surface area contributed by atoms with Gasteiger partial charge in [-0.15, -0.1) is 0 Å². The van der Waals surface area contributed by atoms with Crippen LogP contribution in [0.15, 0.2) is 11.6 Å². The lowest BCUT2D eigenvalue weighted by Gasteiger charge is -2.49. The third kappa shape index (κ3) is 8.04. The summed E-state index contributed by atoms with van der Waals surface area (Å²) in [5.41, 5.74) is 0.776. The Morgan fingerprint density at radius 1 is 1.00 bits per heavy atom. The van der Waals surface area contributed by atoms with E-state index in [4.69, 9.17) is 18.9 Å². The lowest BCUT2D eigenvalue weighted by atomic mass is 9.66. The topological polar surface area (TPSA) is 66.5 Å². The van der Waals surface area contributed by atoms with Gasteiger partial charge in [0.05, 0.1) is 31.0 Å².